The predicted molar refractivity (Wildman–Crippen MR) is 89.7 cm³/mol. The fraction of sp³-hybridized carbons (Fsp3) is 0.294. The van der Waals surface area contributed by atoms with Gasteiger partial charge in [0.25, 0.3) is 5.91 Å². The summed E-state index contributed by atoms with van der Waals surface area (Å²) in [6, 6.07) is 7.58. The molecule has 2 N–H and O–H groups in total. The predicted octanol–water partition coefficient (Wildman–Crippen LogP) is 3.36. The van der Waals surface area contributed by atoms with Crippen LogP contribution in [0.5, 0.6) is 0 Å². The molecule has 0 spiro atoms. The summed E-state index contributed by atoms with van der Waals surface area (Å²) >= 11 is 6.13. The van der Waals surface area contributed by atoms with Gasteiger partial charge < -0.3 is 10.3 Å². The van der Waals surface area contributed by atoms with E-state index in [2.05, 4.69) is 15.4 Å². The molecule has 6 heteroatoms. The van der Waals surface area contributed by atoms with E-state index < -0.39 is 0 Å². The number of nitrogens with one attached hydrogen (secondary N) is 2. The lowest BCUT2D eigenvalue weighted by atomic mass is 9.91. The number of aryl methyl sites for hydroxylation is 2. The molecule has 0 saturated heterocycles. The number of nitrogens with zero attached hydrogens (tertiary/aromatic N) is 2. The van der Waals surface area contributed by atoms with Crippen molar-refractivity contribution in [1.82, 2.24) is 20.1 Å². The lowest BCUT2D eigenvalue weighted by Crippen LogP contribution is -2.31. The zero-order valence-electron chi connectivity index (χ0n) is 12.8. The van der Waals surface area contributed by atoms with Gasteiger partial charge in [0, 0.05) is 34.9 Å². The Morgan fingerprint density at radius 2 is 2.30 bits per heavy atom. The Balaban J connectivity index is 1.67. The van der Waals surface area contributed by atoms with E-state index in [1.54, 1.807) is 24.0 Å². The highest BCUT2D eigenvalue weighted by atomic mass is 35.5. The van der Waals surface area contributed by atoms with Gasteiger partial charge in [0.2, 0.25) is 0 Å². The molecule has 118 valence electrons. The Morgan fingerprint density at radius 1 is 1.43 bits per heavy atom. The standard InChI is InChI=1S/C17H17ClN4O/c1-22-8-7-15(21-22)17(23)20-14-4-2-3-11-12-9-10(18)5-6-13(12)19-16(11)14/h5-9,14,19H,2-4H2,1H3,(H,20,23). The number of H-pyrrole nitrogens is 1. The van der Waals surface area contributed by atoms with Gasteiger partial charge in [-0.05, 0) is 49.1 Å². The first-order valence-electron chi connectivity index (χ1n) is 7.72. The smallest absolute Gasteiger partial charge is 0.272 e. The van der Waals surface area contributed by atoms with Crippen molar-refractivity contribution in [3.05, 3.63) is 52.4 Å². The minimum atomic E-state index is -0.139. The first-order valence-corrected chi connectivity index (χ1v) is 8.10. The average Bonchev–Trinajstić information content (AvgIpc) is 3.12. The molecule has 1 unspecified atom stereocenters. The summed E-state index contributed by atoms with van der Waals surface area (Å²) in [5.74, 6) is -0.139. The fourth-order valence-electron chi connectivity index (χ4n) is 3.35. The molecular weight excluding hydrogens is 312 g/mol. The minimum Gasteiger partial charge on any atom is -0.356 e. The van der Waals surface area contributed by atoms with E-state index in [4.69, 9.17) is 11.6 Å². The van der Waals surface area contributed by atoms with Crippen molar-refractivity contribution in [1.29, 1.82) is 0 Å². The van der Waals surface area contributed by atoms with Gasteiger partial charge in [0.15, 0.2) is 0 Å². The molecule has 4 rings (SSSR count). The van der Waals surface area contributed by atoms with Gasteiger partial charge in [-0.2, -0.15) is 5.10 Å². The Kier molecular flexibility index (Phi) is 3.38. The molecule has 0 radical (unpaired) electrons. The number of fused-ring (bicyclic) bond motifs is 3. The first-order chi connectivity index (χ1) is 11.1. The third-order valence-electron chi connectivity index (χ3n) is 4.42. The number of hydrogen-bond acceptors (Lipinski definition) is 2. The Bertz CT molecular complexity index is 895. The van der Waals surface area contributed by atoms with Gasteiger partial charge in [-0.1, -0.05) is 11.6 Å². The number of rotatable bonds is 2. The van der Waals surface area contributed by atoms with Gasteiger partial charge in [-0.3, -0.25) is 9.48 Å². The van der Waals surface area contributed by atoms with Crippen LogP contribution in [0.25, 0.3) is 10.9 Å². The second kappa shape index (κ2) is 5.42. The summed E-state index contributed by atoms with van der Waals surface area (Å²) in [5, 5.41) is 9.16. The molecule has 1 atom stereocenters. The quantitative estimate of drug-likeness (QED) is 0.757. The van der Waals surface area contributed by atoms with E-state index in [0.29, 0.717) is 5.69 Å². The van der Waals surface area contributed by atoms with Crippen LogP contribution in [0.3, 0.4) is 0 Å². The van der Waals surface area contributed by atoms with Gasteiger partial charge >= 0.3 is 0 Å². The lowest BCUT2D eigenvalue weighted by Gasteiger charge is -2.23. The summed E-state index contributed by atoms with van der Waals surface area (Å²) in [7, 11) is 1.80. The average molecular weight is 329 g/mol. The second-order valence-electron chi connectivity index (χ2n) is 6.00. The molecular formula is C17H17ClN4O. The number of halogens is 1. The third kappa shape index (κ3) is 2.51. The van der Waals surface area contributed by atoms with E-state index in [9.17, 15) is 4.79 Å². The number of carbonyl (C=O) groups excluding carboxylic acids is 1. The molecule has 23 heavy (non-hydrogen) atoms. The van der Waals surface area contributed by atoms with Crippen molar-refractivity contribution in [2.75, 3.05) is 0 Å². The van der Waals surface area contributed by atoms with Crippen molar-refractivity contribution in [2.24, 2.45) is 7.05 Å². The molecule has 3 aromatic rings. The maximum Gasteiger partial charge on any atom is 0.272 e. The number of aromatic amines is 1. The fourth-order valence-corrected chi connectivity index (χ4v) is 3.52. The molecule has 1 amide bonds. The van der Waals surface area contributed by atoms with Crippen molar-refractivity contribution in [3.63, 3.8) is 0 Å². The summed E-state index contributed by atoms with van der Waals surface area (Å²) in [5.41, 5.74) is 3.87. The molecule has 0 aliphatic heterocycles. The van der Waals surface area contributed by atoms with E-state index in [-0.39, 0.29) is 11.9 Å². The van der Waals surface area contributed by atoms with Gasteiger partial charge in [-0.15, -0.1) is 0 Å². The minimum absolute atomic E-state index is 0.0144. The number of hydrogen-bond donors (Lipinski definition) is 2. The molecule has 0 bridgehead atoms. The molecule has 0 fully saturated rings. The summed E-state index contributed by atoms with van der Waals surface area (Å²) < 4.78 is 1.63. The van der Waals surface area contributed by atoms with Crippen LogP contribution in [0.2, 0.25) is 5.02 Å². The van der Waals surface area contributed by atoms with Crippen LogP contribution >= 0.6 is 11.6 Å². The number of amides is 1. The topological polar surface area (TPSA) is 62.7 Å². The third-order valence-corrected chi connectivity index (χ3v) is 4.66. The Hall–Kier alpha value is -2.27. The van der Waals surface area contributed by atoms with E-state index in [1.807, 2.05) is 18.2 Å². The van der Waals surface area contributed by atoms with E-state index in [1.165, 1.54) is 5.56 Å². The first kappa shape index (κ1) is 14.3. The van der Waals surface area contributed by atoms with Gasteiger partial charge in [0.1, 0.15) is 5.69 Å². The normalized spacial score (nSPS) is 17.2. The molecule has 1 aliphatic carbocycles. The number of carbonyl (C=O) groups is 1. The highest BCUT2D eigenvalue weighted by Crippen LogP contribution is 2.35. The van der Waals surface area contributed by atoms with Crippen LogP contribution in [0, 0.1) is 0 Å². The lowest BCUT2D eigenvalue weighted by molar-refractivity contribution is 0.0926. The molecule has 1 aliphatic rings. The monoisotopic (exact) mass is 328 g/mol. The molecule has 1 aromatic carbocycles. The van der Waals surface area contributed by atoms with E-state index in [0.717, 1.165) is 40.9 Å². The van der Waals surface area contributed by atoms with Crippen LogP contribution in [0.4, 0.5) is 0 Å². The van der Waals surface area contributed by atoms with Crippen molar-refractivity contribution in [2.45, 2.75) is 25.3 Å². The van der Waals surface area contributed by atoms with Crippen LogP contribution in [0.15, 0.2) is 30.5 Å². The Morgan fingerprint density at radius 3 is 3.09 bits per heavy atom. The maximum atomic E-state index is 12.4. The highest BCUT2D eigenvalue weighted by molar-refractivity contribution is 6.31. The highest BCUT2D eigenvalue weighted by Gasteiger charge is 2.26. The van der Waals surface area contributed by atoms with Crippen molar-refractivity contribution in [3.8, 4) is 0 Å². The maximum absolute atomic E-state index is 12.4. The van der Waals surface area contributed by atoms with Crippen molar-refractivity contribution < 1.29 is 4.79 Å². The second-order valence-corrected chi connectivity index (χ2v) is 6.44. The van der Waals surface area contributed by atoms with Gasteiger partial charge in [-0.25, -0.2) is 0 Å². The van der Waals surface area contributed by atoms with E-state index >= 15 is 0 Å². The van der Waals surface area contributed by atoms with Crippen LogP contribution in [-0.4, -0.2) is 20.7 Å². The molecule has 2 heterocycles. The van der Waals surface area contributed by atoms with Crippen LogP contribution < -0.4 is 5.32 Å². The summed E-state index contributed by atoms with van der Waals surface area (Å²) in [6.07, 6.45) is 4.74. The zero-order chi connectivity index (χ0) is 16.0. The molecule has 5 nitrogen and oxygen atoms in total. The summed E-state index contributed by atoms with van der Waals surface area (Å²) in [4.78, 5) is 15.8. The molecule has 0 saturated carbocycles. The molecule has 2 aromatic heterocycles. The SMILES string of the molecule is Cn1ccc(C(=O)NC2CCCc3c2[nH]c2ccc(Cl)cc32)n1. The Labute approximate surface area is 138 Å². The van der Waals surface area contributed by atoms with Crippen LogP contribution in [0.1, 0.15) is 40.6 Å². The van der Waals surface area contributed by atoms with Crippen LogP contribution in [-0.2, 0) is 13.5 Å². The number of aromatic nitrogens is 3. The van der Waals surface area contributed by atoms with Gasteiger partial charge in [0.05, 0.1) is 6.04 Å². The zero-order valence-corrected chi connectivity index (χ0v) is 13.5. The van der Waals surface area contributed by atoms with Crippen molar-refractivity contribution >= 4 is 28.4 Å². The number of benzene rings is 1. The summed E-state index contributed by atoms with van der Waals surface area (Å²) in [6.45, 7) is 0. The largest absolute Gasteiger partial charge is 0.356 e.